The van der Waals surface area contributed by atoms with Crippen molar-refractivity contribution in [2.24, 2.45) is 5.92 Å². The highest BCUT2D eigenvalue weighted by Gasteiger charge is 2.24. The van der Waals surface area contributed by atoms with Crippen LogP contribution in [0.25, 0.3) is 11.0 Å². The van der Waals surface area contributed by atoms with E-state index in [1.807, 2.05) is 25.1 Å². The lowest BCUT2D eigenvalue weighted by molar-refractivity contribution is -0.124. The number of nitrogens with one attached hydrogen (secondary N) is 2. The molecule has 7 nitrogen and oxygen atoms in total. The van der Waals surface area contributed by atoms with E-state index in [0.717, 1.165) is 5.56 Å². The van der Waals surface area contributed by atoms with Gasteiger partial charge in [0.15, 0.2) is 0 Å². The van der Waals surface area contributed by atoms with Crippen LogP contribution in [0.3, 0.4) is 0 Å². The first-order valence-electron chi connectivity index (χ1n) is 11.0. The smallest absolute Gasteiger partial charge is 0.271 e. The van der Waals surface area contributed by atoms with Gasteiger partial charge in [-0.05, 0) is 49.1 Å². The van der Waals surface area contributed by atoms with Crippen LogP contribution in [0.15, 0.2) is 54.7 Å². The van der Waals surface area contributed by atoms with E-state index in [2.05, 4.69) is 20.6 Å². The monoisotopic (exact) mass is 452 g/mol. The summed E-state index contributed by atoms with van der Waals surface area (Å²) in [5, 5.41) is 16.4. The number of aliphatic hydroxyl groups is 1. The van der Waals surface area contributed by atoms with Gasteiger partial charge in [-0.25, -0.2) is 9.37 Å². The standard InChI is InChI=1S/C25H29FN4O3/c1-16(24(32)27-2)6-5-9-23(31)21(14-17-10-12-18(26)13-11-17)30-25(33)22-15-28-19-7-3-4-8-20(19)29-22/h3-4,7-8,10-13,15-16,21,23,31H,5-6,9,14H2,1-2H3,(H,27,32)(H,30,33)/t16?,21-,23-/m0/s1. The van der Waals surface area contributed by atoms with Gasteiger partial charge in [-0.2, -0.15) is 0 Å². The summed E-state index contributed by atoms with van der Waals surface area (Å²) >= 11 is 0. The van der Waals surface area contributed by atoms with Gasteiger partial charge in [0.25, 0.3) is 5.91 Å². The molecule has 1 aromatic heterocycles. The lowest BCUT2D eigenvalue weighted by Crippen LogP contribution is -2.45. The van der Waals surface area contributed by atoms with E-state index < -0.39 is 18.1 Å². The molecule has 0 saturated carbocycles. The highest BCUT2D eigenvalue weighted by Crippen LogP contribution is 2.16. The topological polar surface area (TPSA) is 104 Å². The first kappa shape index (κ1) is 24.3. The molecular weight excluding hydrogens is 423 g/mol. The summed E-state index contributed by atoms with van der Waals surface area (Å²) in [5.74, 6) is -1.01. The number of hydrogen-bond donors (Lipinski definition) is 3. The first-order chi connectivity index (χ1) is 15.9. The molecule has 3 N–H and O–H groups in total. The second kappa shape index (κ2) is 11.5. The fourth-order valence-corrected chi connectivity index (χ4v) is 3.68. The molecule has 1 unspecified atom stereocenters. The number of carbonyl (C=O) groups excluding carboxylic acids is 2. The molecule has 0 radical (unpaired) electrons. The summed E-state index contributed by atoms with van der Waals surface area (Å²) in [7, 11) is 1.59. The van der Waals surface area contributed by atoms with Crippen LogP contribution in [-0.2, 0) is 11.2 Å². The normalized spacial score (nSPS) is 13.8. The van der Waals surface area contributed by atoms with E-state index in [-0.39, 0.29) is 23.3 Å². The van der Waals surface area contributed by atoms with Crippen molar-refractivity contribution < 1.29 is 19.1 Å². The summed E-state index contributed by atoms with van der Waals surface area (Å²) in [6, 6.07) is 12.6. The molecule has 3 rings (SSSR count). The molecule has 0 aliphatic rings. The van der Waals surface area contributed by atoms with Crippen LogP contribution in [0.4, 0.5) is 4.39 Å². The van der Waals surface area contributed by atoms with Gasteiger partial charge in [-0.1, -0.05) is 37.6 Å². The zero-order valence-corrected chi connectivity index (χ0v) is 18.8. The highest BCUT2D eigenvalue weighted by molar-refractivity contribution is 5.94. The fourth-order valence-electron chi connectivity index (χ4n) is 3.68. The van der Waals surface area contributed by atoms with Gasteiger partial charge in [0, 0.05) is 13.0 Å². The van der Waals surface area contributed by atoms with Crippen LogP contribution in [0.1, 0.15) is 42.2 Å². The van der Waals surface area contributed by atoms with Crippen LogP contribution in [0.2, 0.25) is 0 Å². The van der Waals surface area contributed by atoms with Gasteiger partial charge in [0.1, 0.15) is 11.5 Å². The van der Waals surface area contributed by atoms with Crippen molar-refractivity contribution in [1.29, 1.82) is 0 Å². The summed E-state index contributed by atoms with van der Waals surface area (Å²) in [6.45, 7) is 1.83. The number of amides is 2. The Balaban J connectivity index is 1.71. The highest BCUT2D eigenvalue weighted by atomic mass is 19.1. The number of para-hydroxylation sites is 2. The molecule has 3 atom stereocenters. The van der Waals surface area contributed by atoms with Crippen molar-refractivity contribution in [2.75, 3.05) is 7.05 Å². The van der Waals surface area contributed by atoms with E-state index in [9.17, 15) is 19.1 Å². The van der Waals surface area contributed by atoms with Crippen LogP contribution >= 0.6 is 0 Å². The predicted molar refractivity (Wildman–Crippen MR) is 124 cm³/mol. The second-order valence-electron chi connectivity index (χ2n) is 8.17. The Labute approximate surface area is 192 Å². The van der Waals surface area contributed by atoms with Gasteiger partial charge in [0.2, 0.25) is 5.91 Å². The summed E-state index contributed by atoms with van der Waals surface area (Å²) in [6.07, 6.45) is 2.50. The third-order valence-corrected chi connectivity index (χ3v) is 5.66. The molecule has 0 fully saturated rings. The number of benzene rings is 2. The third kappa shape index (κ3) is 6.79. The molecule has 3 aromatic rings. The molecule has 8 heteroatoms. The van der Waals surface area contributed by atoms with Crippen molar-refractivity contribution in [3.8, 4) is 0 Å². The Morgan fingerprint density at radius 1 is 1.06 bits per heavy atom. The maximum atomic E-state index is 13.3. The Morgan fingerprint density at radius 2 is 1.76 bits per heavy atom. The predicted octanol–water partition coefficient (Wildman–Crippen LogP) is 3.02. The van der Waals surface area contributed by atoms with E-state index in [1.54, 1.807) is 25.2 Å². The van der Waals surface area contributed by atoms with Gasteiger partial charge in [0.05, 0.1) is 29.4 Å². The average Bonchev–Trinajstić information content (AvgIpc) is 2.83. The van der Waals surface area contributed by atoms with E-state index in [4.69, 9.17) is 0 Å². The molecule has 0 aliphatic heterocycles. The van der Waals surface area contributed by atoms with E-state index >= 15 is 0 Å². The van der Waals surface area contributed by atoms with Crippen molar-refractivity contribution in [2.45, 2.75) is 44.8 Å². The number of hydrogen-bond acceptors (Lipinski definition) is 5. The molecule has 0 bridgehead atoms. The largest absolute Gasteiger partial charge is 0.391 e. The minimum Gasteiger partial charge on any atom is -0.391 e. The SMILES string of the molecule is CNC(=O)C(C)CCC[C@H](O)[C@H](Cc1ccc(F)cc1)NC(=O)c1cnc2ccccc2n1. The lowest BCUT2D eigenvalue weighted by atomic mass is 9.95. The number of nitrogens with zero attached hydrogens (tertiary/aromatic N) is 2. The zero-order chi connectivity index (χ0) is 23.8. The fraction of sp³-hybridized carbons (Fsp3) is 0.360. The number of rotatable bonds is 10. The van der Waals surface area contributed by atoms with Crippen molar-refractivity contribution >= 4 is 22.8 Å². The van der Waals surface area contributed by atoms with E-state index in [0.29, 0.717) is 36.7 Å². The number of fused-ring (bicyclic) bond motifs is 1. The number of carbonyl (C=O) groups is 2. The summed E-state index contributed by atoms with van der Waals surface area (Å²) < 4.78 is 13.3. The van der Waals surface area contributed by atoms with Crippen LogP contribution < -0.4 is 10.6 Å². The molecular formula is C25H29FN4O3. The average molecular weight is 453 g/mol. The van der Waals surface area contributed by atoms with Gasteiger partial charge >= 0.3 is 0 Å². The van der Waals surface area contributed by atoms with E-state index in [1.165, 1.54) is 18.3 Å². The third-order valence-electron chi connectivity index (χ3n) is 5.66. The van der Waals surface area contributed by atoms with Crippen LogP contribution in [0, 0.1) is 11.7 Å². The van der Waals surface area contributed by atoms with Crippen molar-refractivity contribution in [3.05, 3.63) is 71.8 Å². The molecule has 33 heavy (non-hydrogen) atoms. The molecule has 174 valence electrons. The number of aromatic nitrogens is 2. The molecule has 0 saturated heterocycles. The Morgan fingerprint density at radius 3 is 2.45 bits per heavy atom. The maximum absolute atomic E-state index is 13.3. The molecule has 2 amide bonds. The molecule has 1 heterocycles. The Kier molecular flexibility index (Phi) is 8.43. The summed E-state index contributed by atoms with van der Waals surface area (Å²) in [5.41, 5.74) is 2.22. The lowest BCUT2D eigenvalue weighted by Gasteiger charge is -2.25. The Hall–Kier alpha value is -3.39. The van der Waals surface area contributed by atoms with Gasteiger partial charge in [-0.3, -0.25) is 14.6 Å². The second-order valence-corrected chi connectivity index (χ2v) is 8.17. The Bertz CT molecular complexity index is 1090. The molecule has 0 spiro atoms. The quantitative estimate of drug-likeness (QED) is 0.439. The first-order valence-corrected chi connectivity index (χ1v) is 11.0. The minimum absolute atomic E-state index is 0.0458. The van der Waals surface area contributed by atoms with Crippen LogP contribution in [-0.4, -0.2) is 46.1 Å². The molecule has 0 aliphatic carbocycles. The summed E-state index contributed by atoms with van der Waals surface area (Å²) in [4.78, 5) is 33.3. The minimum atomic E-state index is -0.857. The van der Waals surface area contributed by atoms with Crippen molar-refractivity contribution in [3.63, 3.8) is 0 Å². The van der Waals surface area contributed by atoms with Gasteiger partial charge in [-0.15, -0.1) is 0 Å². The van der Waals surface area contributed by atoms with Crippen LogP contribution in [0.5, 0.6) is 0 Å². The maximum Gasteiger partial charge on any atom is 0.271 e. The van der Waals surface area contributed by atoms with Crippen molar-refractivity contribution in [1.82, 2.24) is 20.6 Å². The number of aliphatic hydroxyl groups excluding tert-OH is 1. The molecule has 2 aromatic carbocycles. The number of halogens is 1. The zero-order valence-electron chi connectivity index (χ0n) is 18.8. The van der Waals surface area contributed by atoms with Gasteiger partial charge < -0.3 is 15.7 Å².